The zero-order chi connectivity index (χ0) is 8.55. The van der Waals surface area contributed by atoms with Gasteiger partial charge >= 0.3 is 0 Å². The average molecular weight is 165 g/mol. The van der Waals surface area contributed by atoms with Crippen molar-refractivity contribution in [3.05, 3.63) is 29.7 Å². The van der Waals surface area contributed by atoms with E-state index in [-0.39, 0.29) is 5.82 Å². The topological polar surface area (TPSA) is 54.7 Å². The van der Waals surface area contributed by atoms with Crippen LogP contribution in [0.15, 0.2) is 18.3 Å². The summed E-state index contributed by atoms with van der Waals surface area (Å²) in [6.07, 6.45) is 1.58. The Bertz CT molecular complexity index is 408. The molecule has 0 radical (unpaired) electrons. The number of aromatic amines is 1. The summed E-state index contributed by atoms with van der Waals surface area (Å²) in [4.78, 5) is 0. The fourth-order valence-corrected chi connectivity index (χ4v) is 1.25. The number of aromatic nitrogens is 2. The highest BCUT2D eigenvalue weighted by Crippen LogP contribution is 2.17. The molecule has 1 heterocycles. The minimum Gasteiger partial charge on any atom is -0.326 e. The summed E-state index contributed by atoms with van der Waals surface area (Å²) in [6.45, 7) is 0.316. The molecule has 2 aromatic rings. The highest BCUT2D eigenvalue weighted by Gasteiger charge is 2.03. The molecule has 0 amide bonds. The number of H-pyrrole nitrogens is 1. The molecule has 4 heteroatoms. The van der Waals surface area contributed by atoms with Crippen molar-refractivity contribution < 1.29 is 4.39 Å². The van der Waals surface area contributed by atoms with Crippen LogP contribution < -0.4 is 5.73 Å². The van der Waals surface area contributed by atoms with Crippen LogP contribution in [0, 0.1) is 5.82 Å². The Morgan fingerprint density at radius 3 is 3.08 bits per heavy atom. The highest BCUT2D eigenvalue weighted by molar-refractivity contribution is 5.81. The number of fused-ring (bicyclic) bond motifs is 1. The van der Waals surface area contributed by atoms with E-state index in [2.05, 4.69) is 10.2 Å². The Labute approximate surface area is 68.4 Å². The second kappa shape index (κ2) is 2.57. The molecule has 0 saturated heterocycles. The fraction of sp³-hybridized carbons (Fsp3) is 0.125. The second-order valence-electron chi connectivity index (χ2n) is 2.60. The zero-order valence-corrected chi connectivity index (χ0v) is 6.34. The number of hydrogen-bond donors (Lipinski definition) is 2. The van der Waals surface area contributed by atoms with E-state index in [9.17, 15) is 4.39 Å². The van der Waals surface area contributed by atoms with Crippen molar-refractivity contribution in [3.63, 3.8) is 0 Å². The van der Waals surface area contributed by atoms with Gasteiger partial charge in [0.1, 0.15) is 5.82 Å². The predicted molar refractivity (Wildman–Crippen MR) is 43.9 cm³/mol. The van der Waals surface area contributed by atoms with Gasteiger partial charge < -0.3 is 5.73 Å². The number of rotatable bonds is 1. The van der Waals surface area contributed by atoms with Crippen molar-refractivity contribution in [3.8, 4) is 0 Å². The SMILES string of the molecule is NCc1cc(F)cc2cn[nH]c12. The number of nitrogens with zero attached hydrogens (tertiary/aromatic N) is 1. The van der Waals surface area contributed by atoms with Gasteiger partial charge in [-0.1, -0.05) is 0 Å². The minimum absolute atomic E-state index is 0.274. The lowest BCUT2D eigenvalue weighted by Gasteiger charge is -1.98. The summed E-state index contributed by atoms with van der Waals surface area (Å²) < 4.78 is 12.9. The van der Waals surface area contributed by atoms with Crippen molar-refractivity contribution in [1.29, 1.82) is 0 Å². The molecular formula is C8H8FN3. The maximum absolute atomic E-state index is 12.9. The molecule has 0 aliphatic carbocycles. The number of halogens is 1. The molecule has 62 valence electrons. The van der Waals surface area contributed by atoms with Gasteiger partial charge in [0.25, 0.3) is 0 Å². The van der Waals surface area contributed by atoms with Gasteiger partial charge in [-0.15, -0.1) is 0 Å². The Balaban J connectivity index is 2.80. The van der Waals surface area contributed by atoms with Gasteiger partial charge in [0, 0.05) is 11.9 Å². The number of hydrogen-bond acceptors (Lipinski definition) is 2. The monoisotopic (exact) mass is 165 g/mol. The lowest BCUT2D eigenvalue weighted by molar-refractivity contribution is 0.627. The van der Waals surface area contributed by atoms with Crippen LogP contribution in [0.5, 0.6) is 0 Å². The van der Waals surface area contributed by atoms with Gasteiger partial charge in [-0.25, -0.2) is 4.39 Å². The highest BCUT2D eigenvalue weighted by atomic mass is 19.1. The largest absolute Gasteiger partial charge is 0.326 e. The van der Waals surface area contributed by atoms with E-state index in [1.54, 1.807) is 6.20 Å². The maximum atomic E-state index is 12.9. The molecule has 3 N–H and O–H groups in total. The molecule has 0 bridgehead atoms. The van der Waals surface area contributed by atoms with Gasteiger partial charge in [0.05, 0.1) is 11.7 Å². The molecule has 3 nitrogen and oxygen atoms in total. The Morgan fingerprint density at radius 1 is 1.50 bits per heavy atom. The molecule has 1 aromatic heterocycles. The van der Waals surface area contributed by atoms with E-state index in [4.69, 9.17) is 5.73 Å². The van der Waals surface area contributed by atoms with Crippen LogP contribution in [0.1, 0.15) is 5.56 Å². The quantitative estimate of drug-likeness (QED) is 0.666. The lowest BCUT2D eigenvalue weighted by atomic mass is 10.1. The summed E-state index contributed by atoms with van der Waals surface area (Å²) in [7, 11) is 0. The minimum atomic E-state index is -0.274. The number of benzene rings is 1. The molecule has 0 atom stereocenters. The second-order valence-corrected chi connectivity index (χ2v) is 2.60. The first-order valence-electron chi connectivity index (χ1n) is 3.63. The third-order valence-corrected chi connectivity index (χ3v) is 1.82. The van der Waals surface area contributed by atoms with E-state index in [0.717, 1.165) is 16.5 Å². The lowest BCUT2D eigenvalue weighted by Crippen LogP contribution is -1.97. The molecule has 2 rings (SSSR count). The fourth-order valence-electron chi connectivity index (χ4n) is 1.25. The summed E-state index contributed by atoms with van der Waals surface area (Å²) in [5, 5.41) is 7.33. The molecule has 0 spiro atoms. The Morgan fingerprint density at radius 2 is 2.33 bits per heavy atom. The standard InChI is InChI=1S/C8H8FN3/c9-7-1-5(3-10)8-6(2-7)4-11-12-8/h1-2,4H,3,10H2,(H,11,12). The molecule has 0 saturated carbocycles. The summed E-state index contributed by atoms with van der Waals surface area (Å²) >= 11 is 0. The van der Waals surface area contributed by atoms with Gasteiger partial charge in [0.15, 0.2) is 0 Å². The maximum Gasteiger partial charge on any atom is 0.124 e. The third kappa shape index (κ3) is 0.967. The van der Waals surface area contributed by atoms with E-state index in [1.807, 2.05) is 0 Å². The van der Waals surface area contributed by atoms with Crippen molar-refractivity contribution in [1.82, 2.24) is 10.2 Å². The van der Waals surface area contributed by atoms with Gasteiger partial charge in [-0.05, 0) is 17.7 Å². The van der Waals surface area contributed by atoms with Crippen LogP contribution >= 0.6 is 0 Å². The van der Waals surface area contributed by atoms with Gasteiger partial charge in [-0.3, -0.25) is 5.10 Å². The van der Waals surface area contributed by atoms with E-state index >= 15 is 0 Å². The first-order chi connectivity index (χ1) is 5.81. The summed E-state index contributed by atoms with van der Waals surface area (Å²) in [6, 6.07) is 2.85. The molecule has 1 aromatic carbocycles. The first-order valence-corrected chi connectivity index (χ1v) is 3.63. The van der Waals surface area contributed by atoms with Crippen molar-refractivity contribution in [2.24, 2.45) is 5.73 Å². The molecule has 0 fully saturated rings. The Kier molecular flexibility index (Phi) is 1.55. The van der Waals surface area contributed by atoms with Crippen LogP contribution in [-0.2, 0) is 6.54 Å². The van der Waals surface area contributed by atoms with E-state index in [0.29, 0.717) is 6.54 Å². The molecule has 0 aliphatic rings. The average Bonchev–Trinajstić information content (AvgIpc) is 2.50. The molecule has 12 heavy (non-hydrogen) atoms. The third-order valence-electron chi connectivity index (χ3n) is 1.82. The van der Waals surface area contributed by atoms with Gasteiger partial charge in [0.2, 0.25) is 0 Å². The molecule has 0 unspecified atom stereocenters. The van der Waals surface area contributed by atoms with Crippen LogP contribution in [-0.4, -0.2) is 10.2 Å². The number of nitrogens with two attached hydrogens (primary N) is 1. The van der Waals surface area contributed by atoms with E-state index in [1.165, 1.54) is 12.1 Å². The normalized spacial score (nSPS) is 10.8. The Hall–Kier alpha value is -1.42. The van der Waals surface area contributed by atoms with Crippen LogP contribution in [0.3, 0.4) is 0 Å². The first kappa shape index (κ1) is 7.24. The van der Waals surface area contributed by atoms with Crippen molar-refractivity contribution >= 4 is 10.9 Å². The molecule has 0 aliphatic heterocycles. The zero-order valence-electron chi connectivity index (χ0n) is 6.34. The summed E-state index contributed by atoms with van der Waals surface area (Å²) in [5.41, 5.74) is 7.00. The smallest absolute Gasteiger partial charge is 0.124 e. The van der Waals surface area contributed by atoms with Crippen LogP contribution in [0.4, 0.5) is 4.39 Å². The van der Waals surface area contributed by atoms with Crippen molar-refractivity contribution in [2.75, 3.05) is 0 Å². The van der Waals surface area contributed by atoms with Gasteiger partial charge in [-0.2, -0.15) is 5.10 Å². The van der Waals surface area contributed by atoms with Crippen molar-refractivity contribution in [2.45, 2.75) is 6.54 Å². The predicted octanol–water partition coefficient (Wildman–Crippen LogP) is 1.16. The van der Waals surface area contributed by atoms with Crippen LogP contribution in [0.25, 0.3) is 10.9 Å². The van der Waals surface area contributed by atoms with Crippen LogP contribution in [0.2, 0.25) is 0 Å². The van der Waals surface area contributed by atoms with E-state index < -0.39 is 0 Å². The number of nitrogens with one attached hydrogen (secondary N) is 1. The molecular weight excluding hydrogens is 157 g/mol. The summed E-state index contributed by atoms with van der Waals surface area (Å²) in [5.74, 6) is -0.274.